The van der Waals surface area contributed by atoms with Crippen molar-refractivity contribution in [3.8, 4) is 5.75 Å². The number of amides is 1. The third kappa shape index (κ3) is 3.77. The Bertz CT molecular complexity index is 1030. The quantitative estimate of drug-likeness (QED) is 0.664. The van der Waals surface area contributed by atoms with Gasteiger partial charge in [-0.1, -0.05) is 43.3 Å². The summed E-state index contributed by atoms with van der Waals surface area (Å²) in [7, 11) is 1.62. The highest BCUT2D eigenvalue weighted by molar-refractivity contribution is 6.15. The van der Waals surface area contributed by atoms with E-state index in [1.165, 1.54) is 6.42 Å². The van der Waals surface area contributed by atoms with Crippen molar-refractivity contribution in [2.45, 2.75) is 32.6 Å². The SMILES string of the molecule is CCc1ccccc1NC(=O)c1c(OC)c(N2CCCCC2)nc2ccccc12. The lowest BCUT2D eigenvalue weighted by Gasteiger charge is -2.30. The van der Waals surface area contributed by atoms with Gasteiger partial charge in [0.05, 0.1) is 18.2 Å². The van der Waals surface area contributed by atoms with Gasteiger partial charge in [-0.25, -0.2) is 4.98 Å². The number of aryl methyl sites for hydroxylation is 1. The average Bonchev–Trinajstić information content (AvgIpc) is 2.78. The van der Waals surface area contributed by atoms with Crippen molar-refractivity contribution in [1.82, 2.24) is 4.98 Å². The average molecular weight is 389 g/mol. The molecule has 2 aromatic carbocycles. The zero-order chi connectivity index (χ0) is 20.2. The van der Waals surface area contributed by atoms with Crippen LogP contribution in [0.15, 0.2) is 48.5 Å². The molecule has 0 aliphatic carbocycles. The molecule has 0 atom stereocenters. The van der Waals surface area contributed by atoms with Crippen molar-refractivity contribution in [2.24, 2.45) is 0 Å². The second kappa shape index (κ2) is 8.52. The van der Waals surface area contributed by atoms with Crippen molar-refractivity contribution in [3.63, 3.8) is 0 Å². The summed E-state index contributed by atoms with van der Waals surface area (Å²) in [5.41, 5.74) is 3.30. The van der Waals surface area contributed by atoms with Crippen LogP contribution in [0.1, 0.15) is 42.1 Å². The lowest BCUT2D eigenvalue weighted by molar-refractivity contribution is 0.102. The van der Waals surface area contributed by atoms with Crippen molar-refractivity contribution >= 4 is 28.3 Å². The number of pyridine rings is 1. The minimum atomic E-state index is -0.167. The fourth-order valence-corrected chi connectivity index (χ4v) is 4.06. The second-order valence-corrected chi connectivity index (χ2v) is 7.37. The third-order valence-corrected chi connectivity index (χ3v) is 5.56. The number of hydrogen-bond donors (Lipinski definition) is 1. The molecule has 4 rings (SSSR count). The molecule has 0 unspecified atom stereocenters. The number of methoxy groups -OCH3 is 1. The Kier molecular flexibility index (Phi) is 5.65. The van der Waals surface area contributed by atoms with E-state index in [1.807, 2.05) is 48.5 Å². The van der Waals surface area contributed by atoms with Crippen molar-refractivity contribution in [2.75, 3.05) is 30.4 Å². The van der Waals surface area contributed by atoms with Crippen LogP contribution in [-0.2, 0) is 6.42 Å². The molecule has 2 heterocycles. The number of carbonyl (C=O) groups excluding carboxylic acids is 1. The number of rotatable bonds is 5. The van der Waals surface area contributed by atoms with Crippen LogP contribution >= 0.6 is 0 Å². The standard InChI is InChI=1S/C24H27N3O2/c1-3-17-11-5-7-13-19(17)26-24(28)21-18-12-6-8-14-20(18)25-23(22(21)29-2)27-15-9-4-10-16-27/h5-8,11-14H,3-4,9-10,15-16H2,1-2H3,(H,26,28). The summed E-state index contributed by atoms with van der Waals surface area (Å²) in [5.74, 6) is 1.15. The highest BCUT2D eigenvalue weighted by Gasteiger charge is 2.26. The summed E-state index contributed by atoms with van der Waals surface area (Å²) in [6, 6.07) is 15.7. The van der Waals surface area contributed by atoms with Crippen LogP contribution < -0.4 is 15.0 Å². The first-order chi connectivity index (χ1) is 14.2. The molecular weight excluding hydrogens is 362 g/mol. The largest absolute Gasteiger partial charge is 0.492 e. The van der Waals surface area contributed by atoms with E-state index in [2.05, 4.69) is 17.1 Å². The van der Waals surface area contributed by atoms with Gasteiger partial charge in [-0.3, -0.25) is 4.79 Å². The van der Waals surface area contributed by atoms with Crippen LogP contribution in [0.2, 0.25) is 0 Å². The van der Waals surface area contributed by atoms with Gasteiger partial charge in [-0.15, -0.1) is 0 Å². The zero-order valence-corrected chi connectivity index (χ0v) is 17.1. The maximum absolute atomic E-state index is 13.5. The van der Waals surface area contributed by atoms with E-state index in [-0.39, 0.29) is 5.91 Å². The number of piperidine rings is 1. The first kappa shape index (κ1) is 19.2. The maximum Gasteiger partial charge on any atom is 0.260 e. The highest BCUT2D eigenvalue weighted by Crippen LogP contribution is 2.37. The van der Waals surface area contributed by atoms with E-state index in [1.54, 1.807) is 7.11 Å². The predicted octanol–water partition coefficient (Wildman–Crippen LogP) is 5.05. The van der Waals surface area contributed by atoms with Gasteiger partial charge in [0, 0.05) is 24.2 Å². The van der Waals surface area contributed by atoms with E-state index < -0.39 is 0 Å². The Morgan fingerprint density at radius 3 is 2.55 bits per heavy atom. The molecule has 1 fully saturated rings. The van der Waals surface area contributed by atoms with Crippen LogP contribution in [0.4, 0.5) is 11.5 Å². The third-order valence-electron chi connectivity index (χ3n) is 5.56. The number of carbonyl (C=O) groups is 1. The van der Waals surface area contributed by atoms with Crippen LogP contribution in [0.25, 0.3) is 10.9 Å². The molecule has 5 heteroatoms. The molecule has 1 saturated heterocycles. The smallest absolute Gasteiger partial charge is 0.260 e. The lowest BCUT2D eigenvalue weighted by Crippen LogP contribution is -2.31. The number of para-hydroxylation sites is 2. The van der Waals surface area contributed by atoms with Gasteiger partial charge in [0.2, 0.25) is 0 Å². The summed E-state index contributed by atoms with van der Waals surface area (Å²) >= 11 is 0. The lowest BCUT2D eigenvalue weighted by atomic mass is 10.0. The van der Waals surface area contributed by atoms with E-state index >= 15 is 0 Å². The van der Waals surface area contributed by atoms with Gasteiger partial charge >= 0.3 is 0 Å². The number of aromatic nitrogens is 1. The molecule has 1 aliphatic rings. The molecular formula is C24H27N3O2. The summed E-state index contributed by atoms with van der Waals surface area (Å²) < 4.78 is 5.79. The van der Waals surface area contributed by atoms with E-state index in [9.17, 15) is 4.79 Å². The zero-order valence-electron chi connectivity index (χ0n) is 17.1. The maximum atomic E-state index is 13.5. The number of nitrogens with zero attached hydrogens (tertiary/aromatic N) is 2. The minimum absolute atomic E-state index is 0.167. The Labute approximate surface area is 171 Å². The van der Waals surface area contributed by atoms with Crippen LogP contribution in [0.3, 0.4) is 0 Å². The number of hydrogen-bond acceptors (Lipinski definition) is 4. The van der Waals surface area contributed by atoms with Crippen LogP contribution in [-0.4, -0.2) is 31.1 Å². The molecule has 1 N–H and O–H groups in total. The number of fused-ring (bicyclic) bond motifs is 1. The van der Waals surface area contributed by atoms with Gasteiger partial charge in [-0.05, 0) is 43.4 Å². The summed E-state index contributed by atoms with van der Waals surface area (Å²) in [4.78, 5) is 20.6. The molecule has 29 heavy (non-hydrogen) atoms. The Hall–Kier alpha value is -3.08. The molecule has 1 aromatic heterocycles. The number of benzene rings is 2. The van der Waals surface area contributed by atoms with E-state index in [4.69, 9.17) is 9.72 Å². The van der Waals surface area contributed by atoms with Gasteiger partial charge in [0.1, 0.15) is 0 Å². The number of nitrogens with one attached hydrogen (secondary N) is 1. The van der Waals surface area contributed by atoms with E-state index in [0.717, 1.165) is 60.3 Å². The molecule has 0 spiro atoms. The Balaban J connectivity index is 1.84. The Morgan fingerprint density at radius 1 is 1.07 bits per heavy atom. The number of anilines is 2. The second-order valence-electron chi connectivity index (χ2n) is 7.37. The fraction of sp³-hybridized carbons (Fsp3) is 0.333. The molecule has 0 saturated carbocycles. The summed E-state index contributed by atoms with van der Waals surface area (Å²) in [5, 5.41) is 3.91. The first-order valence-electron chi connectivity index (χ1n) is 10.3. The summed E-state index contributed by atoms with van der Waals surface area (Å²) in [6.07, 6.45) is 4.34. The molecule has 0 radical (unpaired) electrons. The van der Waals surface area contributed by atoms with Gasteiger partial charge in [-0.2, -0.15) is 0 Å². The van der Waals surface area contributed by atoms with Gasteiger partial charge in [0.15, 0.2) is 11.6 Å². The minimum Gasteiger partial charge on any atom is -0.492 e. The van der Waals surface area contributed by atoms with Crippen molar-refractivity contribution in [1.29, 1.82) is 0 Å². The Morgan fingerprint density at radius 2 is 1.79 bits per heavy atom. The van der Waals surface area contributed by atoms with Gasteiger partial charge < -0.3 is 15.0 Å². The van der Waals surface area contributed by atoms with Crippen LogP contribution in [0.5, 0.6) is 5.75 Å². The topological polar surface area (TPSA) is 54.5 Å². The molecule has 1 amide bonds. The van der Waals surface area contributed by atoms with Crippen LogP contribution in [0, 0.1) is 0 Å². The fourth-order valence-electron chi connectivity index (χ4n) is 4.06. The molecule has 1 aliphatic heterocycles. The highest BCUT2D eigenvalue weighted by atomic mass is 16.5. The molecule has 5 nitrogen and oxygen atoms in total. The van der Waals surface area contributed by atoms with Crippen molar-refractivity contribution < 1.29 is 9.53 Å². The first-order valence-corrected chi connectivity index (χ1v) is 10.3. The van der Waals surface area contributed by atoms with E-state index in [0.29, 0.717) is 11.3 Å². The molecule has 0 bridgehead atoms. The van der Waals surface area contributed by atoms with Gasteiger partial charge in [0.25, 0.3) is 5.91 Å². The summed E-state index contributed by atoms with van der Waals surface area (Å²) in [6.45, 7) is 3.95. The number of ether oxygens (including phenoxy) is 1. The van der Waals surface area contributed by atoms with Crippen molar-refractivity contribution in [3.05, 3.63) is 59.7 Å². The monoisotopic (exact) mass is 389 g/mol. The predicted molar refractivity (Wildman–Crippen MR) is 118 cm³/mol. The molecule has 3 aromatic rings. The molecule has 150 valence electrons. The normalized spacial score (nSPS) is 14.1.